The number of likely N-dealkylation sites (tertiary alicyclic amines) is 1. The number of hydrogen-bond donors (Lipinski definition) is 2. The maximum atomic E-state index is 13.9. The second-order valence-electron chi connectivity index (χ2n) is 7.61. The number of benzene rings is 2. The minimum atomic E-state index is -0.526. The van der Waals surface area contributed by atoms with Crippen molar-refractivity contribution in [2.75, 3.05) is 13.1 Å². The zero-order valence-electron chi connectivity index (χ0n) is 16.8. The van der Waals surface area contributed by atoms with E-state index < -0.39 is 5.82 Å². The number of carbonyl (C=O) groups excluding carboxylic acids is 1. The molecule has 1 amide bonds. The number of amides is 1. The third kappa shape index (κ3) is 4.73. The first-order valence-corrected chi connectivity index (χ1v) is 10.0. The van der Waals surface area contributed by atoms with E-state index in [1.165, 1.54) is 18.2 Å². The standard InChI is InChI=1S/C23H22FN5O2/c24-22-8-16(4-5-18(22)10-25)13-29-15-26-11-20(29)12-27-19-6-7-28(14-19)23(31)17-2-1-3-21(30)9-17/h1-5,8-9,11,15,19,27,30H,6-7,12-14H2/t19-/m0/s1. The van der Waals surface area contributed by atoms with Crippen molar-refractivity contribution in [2.45, 2.75) is 25.6 Å². The predicted molar refractivity (Wildman–Crippen MR) is 112 cm³/mol. The molecule has 158 valence electrons. The summed E-state index contributed by atoms with van der Waals surface area (Å²) in [5, 5.41) is 21.9. The minimum Gasteiger partial charge on any atom is -0.508 e. The maximum absolute atomic E-state index is 13.9. The van der Waals surface area contributed by atoms with Crippen LogP contribution in [0.25, 0.3) is 0 Å². The number of carbonyl (C=O) groups is 1. The molecule has 0 unspecified atom stereocenters. The van der Waals surface area contributed by atoms with Crippen molar-refractivity contribution < 1.29 is 14.3 Å². The number of hydrogen-bond acceptors (Lipinski definition) is 5. The lowest BCUT2D eigenvalue weighted by Gasteiger charge is -2.18. The highest BCUT2D eigenvalue weighted by Crippen LogP contribution is 2.18. The number of imidazole rings is 1. The minimum absolute atomic E-state index is 0.0299. The lowest BCUT2D eigenvalue weighted by molar-refractivity contribution is 0.0789. The number of phenolic OH excluding ortho intramolecular Hbond substituents is 1. The number of nitrogens with zero attached hydrogens (tertiary/aromatic N) is 4. The van der Waals surface area contributed by atoms with E-state index in [0.29, 0.717) is 31.7 Å². The lowest BCUT2D eigenvalue weighted by atomic mass is 10.1. The number of nitrogens with one attached hydrogen (secondary N) is 1. The number of aromatic nitrogens is 2. The highest BCUT2D eigenvalue weighted by atomic mass is 19.1. The number of rotatable bonds is 6. The van der Waals surface area contributed by atoms with Crippen LogP contribution >= 0.6 is 0 Å². The van der Waals surface area contributed by atoms with Gasteiger partial charge in [0.25, 0.3) is 5.91 Å². The Hall–Kier alpha value is -3.70. The van der Waals surface area contributed by atoms with E-state index in [4.69, 9.17) is 5.26 Å². The molecule has 0 radical (unpaired) electrons. The molecule has 1 aliphatic rings. The van der Waals surface area contributed by atoms with Crippen LogP contribution in [0, 0.1) is 17.1 Å². The fourth-order valence-electron chi connectivity index (χ4n) is 3.76. The van der Waals surface area contributed by atoms with Crippen molar-refractivity contribution >= 4 is 5.91 Å². The van der Waals surface area contributed by atoms with Crippen LogP contribution in [0.4, 0.5) is 4.39 Å². The van der Waals surface area contributed by atoms with Gasteiger partial charge in [-0.2, -0.15) is 5.26 Å². The lowest BCUT2D eigenvalue weighted by Crippen LogP contribution is -2.35. The zero-order valence-corrected chi connectivity index (χ0v) is 16.8. The van der Waals surface area contributed by atoms with Crippen LogP contribution in [-0.4, -0.2) is 44.6 Å². The van der Waals surface area contributed by atoms with Gasteiger partial charge in [0.2, 0.25) is 0 Å². The average Bonchev–Trinajstić information content (AvgIpc) is 3.41. The van der Waals surface area contributed by atoms with E-state index >= 15 is 0 Å². The van der Waals surface area contributed by atoms with E-state index in [9.17, 15) is 14.3 Å². The fourth-order valence-corrected chi connectivity index (χ4v) is 3.76. The Balaban J connectivity index is 1.34. The molecule has 0 aliphatic carbocycles. The third-order valence-electron chi connectivity index (χ3n) is 5.45. The summed E-state index contributed by atoms with van der Waals surface area (Å²) in [6.07, 6.45) is 4.29. The van der Waals surface area contributed by atoms with E-state index in [-0.39, 0.29) is 23.3 Å². The Morgan fingerprint density at radius 2 is 2.19 bits per heavy atom. The Labute approximate surface area is 179 Å². The summed E-state index contributed by atoms with van der Waals surface area (Å²) in [5.41, 5.74) is 2.21. The molecule has 3 aromatic rings. The molecule has 1 atom stereocenters. The van der Waals surface area contributed by atoms with Gasteiger partial charge in [0.1, 0.15) is 17.6 Å². The van der Waals surface area contributed by atoms with Gasteiger partial charge >= 0.3 is 0 Å². The molecule has 1 aromatic heterocycles. The van der Waals surface area contributed by atoms with Gasteiger partial charge in [-0.1, -0.05) is 12.1 Å². The molecule has 2 heterocycles. The number of nitriles is 1. The summed E-state index contributed by atoms with van der Waals surface area (Å²) >= 11 is 0. The van der Waals surface area contributed by atoms with Gasteiger partial charge in [0.05, 0.1) is 17.6 Å². The first kappa shape index (κ1) is 20.6. The van der Waals surface area contributed by atoms with Crippen molar-refractivity contribution in [3.63, 3.8) is 0 Å². The Morgan fingerprint density at radius 1 is 1.32 bits per heavy atom. The highest BCUT2D eigenvalue weighted by molar-refractivity contribution is 5.94. The molecular weight excluding hydrogens is 397 g/mol. The number of halogens is 1. The second-order valence-corrected chi connectivity index (χ2v) is 7.61. The molecule has 31 heavy (non-hydrogen) atoms. The normalized spacial score (nSPS) is 15.7. The van der Waals surface area contributed by atoms with Gasteiger partial charge in [-0.25, -0.2) is 9.37 Å². The summed E-state index contributed by atoms with van der Waals surface area (Å²) in [7, 11) is 0. The quantitative estimate of drug-likeness (QED) is 0.641. The van der Waals surface area contributed by atoms with Crippen LogP contribution in [0.1, 0.15) is 33.6 Å². The second kappa shape index (κ2) is 8.98. The largest absolute Gasteiger partial charge is 0.508 e. The molecule has 0 bridgehead atoms. The van der Waals surface area contributed by atoms with Crippen LogP contribution < -0.4 is 5.32 Å². The van der Waals surface area contributed by atoms with Crippen molar-refractivity contribution in [3.05, 3.63) is 83.2 Å². The SMILES string of the molecule is N#Cc1ccc(Cn2cncc2CN[C@H]2CCN(C(=O)c3cccc(O)c3)C2)cc1F. The highest BCUT2D eigenvalue weighted by Gasteiger charge is 2.27. The van der Waals surface area contributed by atoms with Crippen molar-refractivity contribution in [3.8, 4) is 11.8 Å². The van der Waals surface area contributed by atoms with Gasteiger partial charge < -0.3 is 19.9 Å². The van der Waals surface area contributed by atoms with Crippen LogP contribution in [0.15, 0.2) is 55.0 Å². The smallest absolute Gasteiger partial charge is 0.254 e. The Kier molecular flexibility index (Phi) is 5.96. The molecule has 1 saturated heterocycles. The molecule has 8 heteroatoms. The Morgan fingerprint density at radius 3 is 2.97 bits per heavy atom. The number of phenols is 1. The molecule has 1 aliphatic heterocycles. The molecule has 1 fully saturated rings. The monoisotopic (exact) mass is 419 g/mol. The van der Waals surface area contributed by atoms with Crippen LogP contribution in [0.2, 0.25) is 0 Å². The summed E-state index contributed by atoms with van der Waals surface area (Å²) in [6.45, 7) is 2.25. The summed E-state index contributed by atoms with van der Waals surface area (Å²) in [5.74, 6) is -0.537. The van der Waals surface area contributed by atoms with Crippen molar-refractivity contribution in [2.24, 2.45) is 0 Å². The summed E-state index contributed by atoms with van der Waals surface area (Å²) in [4.78, 5) is 18.6. The molecular formula is C23H22FN5O2. The zero-order chi connectivity index (χ0) is 21.8. The van der Waals surface area contributed by atoms with Gasteiger partial charge in [-0.05, 0) is 42.3 Å². The van der Waals surface area contributed by atoms with E-state index in [1.807, 2.05) is 10.6 Å². The molecule has 2 aromatic carbocycles. The van der Waals surface area contributed by atoms with Gasteiger partial charge in [-0.15, -0.1) is 0 Å². The van der Waals surface area contributed by atoms with Gasteiger partial charge in [0, 0.05) is 44.0 Å². The van der Waals surface area contributed by atoms with Crippen LogP contribution in [-0.2, 0) is 13.1 Å². The van der Waals surface area contributed by atoms with Crippen molar-refractivity contribution in [1.82, 2.24) is 19.8 Å². The van der Waals surface area contributed by atoms with Gasteiger partial charge in [-0.3, -0.25) is 4.79 Å². The molecule has 0 saturated carbocycles. The molecule has 7 nitrogen and oxygen atoms in total. The maximum Gasteiger partial charge on any atom is 0.254 e. The van der Waals surface area contributed by atoms with Crippen LogP contribution in [0.3, 0.4) is 0 Å². The summed E-state index contributed by atoms with van der Waals surface area (Å²) < 4.78 is 15.8. The van der Waals surface area contributed by atoms with Crippen LogP contribution in [0.5, 0.6) is 5.75 Å². The fraction of sp³-hybridized carbons (Fsp3) is 0.261. The number of aromatic hydroxyl groups is 1. The Bertz CT molecular complexity index is 1140. The average molecular weight is 419 g/mol. The first-order valence-electron chi connectivity index (χ1n) is 10.0. The van der Waals surface area contributed by atoms with E-state index in [0.717, 1.165) is 17.7 Å². The topological polar surface area (TPSA) is 94.2 Å². The predicted octanol–water partition coefficient (Wildman–Crippen LogP) is 2.65. The van der Waals surface area contributed by atoms with E-state index in [1.54, 1.807) is 41.7 Å². The third-order valence-corrected chi connectivity index (χ3v) is 5.45. The van der Waals surface area contributed by atoms with Gasteiger partial charge in [0.15, 0.2) is 0 Å². The molecule has 0 spiro atoms. The van der Waals surface area contributed by atoms with Crippen molar-refractivity contribution in [1.29, 1.82) is 5.26 Å². The summed E-state index contributed by atoms with van der Waals surface area (Å²) in [6, 6.07) is 13.0. The van der Waals surface area contributed by atoms with E-state index in [2.05, 4.69) is 10.3 Å². The molecule has 4 rings (SSSR count). The first-order chi connectivity index (χ1) is 15.0. The molecule has 2 N–H and O–H groups in total.